The van der Waals surface area contributed by atoms with Gasteiger partial charge in [-0.2, -0.15) is 0 Å². The third kappa shape index (κ3) is 4.78. The van der Waals surface area contributed by atoms with Gasteiger partial charge in [-0.3, -0.25) is 4.40 Å². The molecule has 1 spiro atoms. The van der Waals surface area contributed by atoms with Gasteiger partial charge in [0.15, 0.2) is 5.65 Å². The molecule has 210 valence electrons. The molecule has 1 saturated heterocycles. The molecule has 1 aliphatic carbocycles. The SMILES string of the molecule is Cc1nc(N2CCC3(CC2)Cc2ccccc2[C@H]3NS(=O)C(C)(C)C)n2ccnc2c1Sc1ccnc(N)c1Cl. The molecule has 11 heteroatoms. The maximum Gasteiger partial charge on any atom is 0.211 e. The van der Waals surface area contributed by atoms with Gasteiger partial charge in [0.25, 0.3) is 0 Å². The van der Waals surface area contributed by atoms with Crippen molar-refractivity contribution in [1.82, 2.24) is 24.1 Å². The van der Waals surface area contributed by atoms with E-state index in [0.717, 1.165) is 59.4 Å². The summed E-state index contributed by atoms with van der Waals surface area (Å²) in [7, 11) is -1.16. The van der Waals surface area contributed by atoms with Crippen molar-refractivity contribution in [1.29, 1.82) is 0 Å². The third-order valence-electron chi connectivity index (χ3n) is 8.09. The number of hydrogen-bond donors (Lipinski definition) is 2. The van der Waals surface area contributed by atoms with Crippen LogP contribution in [0.2, 0.25) is 5.02 Å². The number of rotatable bonds is 5. The summed E-state index contributed by atoms with van der Waals surface area (Å²) < 4.78 is 18.5. The molecule has 1 aliphatic heterocycles. The van der Waals surface area contributed by atoms with Crippen LogP contribution in [-0.4, -0.2) is 41.4 Å². The molecule has 1 aromatic carbocycles. The average Bonchev–Trinajstić information content (AvgIpc) is 3.52. The summed E-state index contributed by atoms with van der Waals surface area (Å²) in [5, 5.41) is 0.440. The quantitative estimate of drug-likeness (QED) is 0.303. The Morgan fingerprint density at radius 2 is 1.90 bits per heavy atom. The summed E-state index contributed by atoms with van der Waals surface area (Å²) in [5.41, 5.74) is 10.3. The highest BCUT2D eigenvalue weighted by Gasteiger charge is 2.49. The van der Waals surface area contributed by atoms with Crippen LogP contribution in [-0.2, 0) is 17.4 Å². The zero-order chi connectivity index (χ0) is 28.2. The molecular formula is C29H34ClN7OS2. The van der Waals surface area contributed by atoms with Crippen LogP contribution in [0.15, 0.2) is 58.7 Å². The van der Waals surface area contributed by atoms with Gasteiger partial charge in [-0.25, -0.2) is 23.9 Å². The predicted molar refractivity (Wildman–Crippen MR) is 163 cm³/mol. The molecule has 4 aromatic rings. The van der Waals surface area contributed by atoms with Gasteiger partial charge in [-0.1, -0.05) is 47.6 Å². The molecule has 2 aliphatic rings. The van der Waals surface area contributed by atoms with Crippen molar-refractivity contribution in [3.8, 4) is 0 Å². The number of pyridine rings is 1. The van der Waals surface area contributed by atoms with Gasteiger partial charge in [0.05, 0.1) is 37.4 Å². The van der Waals surface area contributed by atoms with E-state index in [9.17, 15) is 4.21 Å². The number of nitrogens with zero attached hydrogens (tertiary/aromatic N) is 5. The number of nitrogen functional groups attached to an aromatic ring is 1. The topological polar surface area (TPSA) is 101 Å². The number of nitrogens with one attached hydrogen (secondary N) is 1. The van der Waals surface area contributed by atoms with E-state index in [4.69, 9.17) is 27.3 Å². The molecule has 0 bridgehead atoms. The van der Waals surface area contributed by atoms with Crippen molar-refractivity contribution in [3.05, 3.63) is 70.8 Å². The molecule has 4 heterocycles. The number of piperidine rings is 1. The molecule has 1 fully saturated rings. The second kappa shape index (κ2) is 10.3. The number of halogens is 1. The summed E-state index contributed by atoms with van der Waals surface area (Å²) in [5.74, 6) is 1.20. The molecule has 1 unspecified atom stereocenters. The van der Waals surface area contributed by atoms with E-state index >= 15 is 0 Å². The van der Waals surface area contributed by atoms with Gasteiger partial charge < -0.3 is 10.6 Å². The fraction of sp³-hybridized carbons (Fsp3) is 0.414. The van der Waals surface area contributed by atoms with Gasteiger partial charge in [-0.05, 0) is 69.6 Å². The lowest BCUT2D eigenvalue weighted by molar-refractivity contribution is 0.177. The number of benzene rings is 1. The Labute approximate surface area is 246 Å². The second-order valence-electron chi connectivity index (χ2n) is 11.7. The Bertz CT molecular complexity index is 1610. The van der Waals surface area contributed by atoms with Crippen LogP contribution in [0, 0.1) is 12.3 Å². The Kier molecular flexibility index (Phi) is 7.09. The Balaban J connectivity index is 1.28. The molecule has 3 N–H and O–H groups in total. The van der Waals surface area contributed by atoms with E-state index in [1.165, 1.54) is 22.9 Å². The number of imidazole rings is 1. The average molecular weight is 596 g/mol. The first-order chi connectivity index (χ1) is 19.1. The van der Waals surface area contributed by atoms with E-state index in [1.807, 2.05) is 46.2 Å². The van der Waals surface area contributed by atoms with Crippen LogP contribution in [0.5, 0.6) is 0 Å². The lowest BCUT2D eigenvalue weighted by Gasteiger charge is -2.44. The number of fused-ring (bicyclic) bond motifs is 2. The maximum absolute atomic E-state index is 13.2. The first-order valence-corrected chi connectivity index (χ1v) is 15.8. The van der Waals surface area contributed by atoms with Gasteiger partial charge in [0, 0.05) is 36.6 Å². The molecule has 2 atom stereocenters. The number of anilines is 2. The number of aryl methyl sites for hydroxylation is 1. The fourth-order valence-electron chi connectivity index (χ4n) is 5.90. The van der Waals surface area contributed by atoms with E-state index < -0.39 is 11.0 Å². The fourth-order valence-corrected chi connectivity index (χ4v) is 8.05. The minimum Gasteiger partial charge on any atom is -0.382 e. The first-order valence-electron chi connectivity index (χ1n) is 13.5. The van der Waals surface area contributed by atoms with Crippen LogP contribution in [0.25, 0.3) is 5.65 Å². The molecule has 40 heavy (non-hydrogen) atoms. The molecule has 0 saturated carbocycles. The van der Waals surface area contributed by atoms with Crippen LogP contribution >= 0.6 is 23.4 Å². The first kappa shape index (κ1) is 27.5. The Morgan fingerprint density at radius 3 is 2.65 bits per heavy atom. The number of hydrogen-bond acceptors (Lipinski definition) is 7. The van der Waals surface area contributed by atoms with Crippen molar-refractivity contribution >= 4 is 51.8 Å². The van der Waals surface area contributed by atoms with Gasteiger partial charge in [0.1, 0.15) is 5.82 Å². The van der Waals surface area contributed by atoms with Crippen LogP contribution < -0.4 is 15.4 Å². The largest absolute Gasteiger partial charge is 0.382 e. The second-order valence-corrected chi connectivity index (χ2v) is 15.1. The molecular weight excluding hydrogens is 562 g/mol. The van der Waals surface area contributed by atoms with E-state index in [0.29, 0.717) is 10.8 Å². The molecule has 3 aromatic heterocycles. The van der Waals surface area contributed by atoms with Crippen LogP contribution in [0.4, 0.5) is 11.8 Å². The summed E-state index contributed by atoms with van der Waals surface area (Å²) in [4.78, 5) is 18.0. The summed E-state index contributed by atoms with van der Waals surface area (Å²) in [6.45, 7) is 9.79. The van der Waals surface area contributed by atoms with E-state index in [1.54, 1.807) is 6.20 Å². The van der Waals surface area contributed by atoms with Crippen LogP contribution in [0.3, 0.4) is 0 Å². The maximum atomic E-state index is 13.2. The van der Waals surface area contributed by atoms with Crippen molar-refractivity contribution in [2.24, 2.45) is 5.41 Å². The predicted octanol–water partition coefficient (Wildman–Crippen LogP) is 5.76. The highest BCUT2D eigenvalue weighted by molar-refractivity contribution is 7.99. The molecule has 6 rings (SSSR count). The third-order valence-corrected chi connectivity index (χ3v) is 11.4. The van der Waals surface area contributed by atoms with Crippen molar-refractivity contribution in [2.45, 2.75) is 67.5 Å². The normalized spacial score (nSPS) is 19.3. The molecule has 8 nitrogen and oxygen atoms in total. The highest BCUT2D eigenvalue weighted by Crippen LogP contribution is 2.52. The Hall–Kier alpha value is -2.66. The lowest BCUT2D eigenvalue weighted by atomic mass is 9.73. The monoisotopic (exact) mass is 595 g/mol. The van der Waals surface area contributed by atoms with Crippen LogP contribution in [0.1, 0.15) is 56.5 Å². The van der Waals surface area contributed by atoms with Crippen molar-refractivity contribution in [3.63, 3.8) is 0 Å². The zero-order valence-electron chi connectivity index (χ0n) is 23.1. The lowest BCUT2D eigenvalue weighted by Crippen LogP contribution is -2.48. The zero-order valence-corrected chi connectivity index (χ0v) is 25.5. The molecule has 0 amide bonds. The highest BCUT2D eigenvalue weighted by atomic mass is 35.5. The van der Waals surface area contributed by atoms with Gasteiger partial charge in [-0.15, -0.1) is 0 Å². The molecule has 0 radical (unpaired) electrons. The Morgan fingerprint density at radius 1 is 1.15 bits per heavy atom. The minimum atomic E-state index is -1.16. The van der Waals surface area contributed by atoms with Gasteiger partial charge >= 0.3 is 0 Å². The van der Waals surface area contributed by atoms with Crippen molar-refractivity contribution < 1.29 is 4.21 Å². The smallest absolute Gasteiger partial charge is 0.211 e. The summed E-state index contributed by atoms with van der Waals surface area (Å²) >= 11 is 7.95. The number of aromatic nitrogens is 4. The van der Waals surface area contributed by atoms with Gasteiger partial charge in [0.2, 0.25) is 5.95 Å². The van der Waals surface area contributed by atoms with Crippen molar-refractivity contribution in [2.75, 3.05) is 23.7 Å². The standard InChI is InChI=1S/C29H34ClN7OS2/c1-18-23(39-21-9-12-32-25(31)22(21)30)26-33-13-16-37(26)27(34-18)36-14-10-29(11-15-36)17-19-7-5-6-8-20(19)24(29)35-40(38)28(2,3)4/h5-9,12-13,16,24,35H,10-11,14-15,17H2,1-4H3,(H2,31,32)/t24-,40?/m1/s1. The summed E-state index contributed by atoms with van der Waals surface area (Å²) in [6, 6.07) is 10.6. The number of nitrogens with two attached hydrogens (primary N) is 1. The minimum absolute atomic E-state index is 0.0119. The van der Waals surface area contributed by atoms with E-state index in [2.05, 4.69) is 43.3 Å². The summed E-state index contributed by atoms with van der Waals surface area (Å²) in [6.07, 6.45) is 8.38. The van der Waals surface area contributed by atoms with E-state index in [-0.39, 0.29) is 16.2 Å².